The van der Waals surface area contributed by atoms with E-state index >= 15 is 0 Å². The molecule has 1 saturated carbocycles. The van der Waals surface area contributed by atoms with E-state index in [2.05, 4.69) is 20.3 Å². The highest BCUT2D eigenvalue weighted by Gasteiger charge is 2.31. The molecular formula is C31H36FN5O5S. The number of hydrogen-bond acceptors (Lipinski definition) is 7. The Balaban J connectivity index is 1.16. The van der Waals surface area contributed by atoms with Crippen LogP contribution in [-0.2, 0) is 31.0 Å². The molecular weight excluding hydrogens is 573 g/mol. The van der Waals surface area contributed by atoms with Gasteiger partial charge in [0.25, 0.3) is 5.91 Å². The highest BCUT2D eigenvalue weighted by atomic mass is 32.2. The fourth-order valence-corrected chi connectivity index (χ4v) is 6.69. The number of benzene rings is 2. The van der Waals surface area contributed by atoms with Gasteiger partial charge in [-0.3, -0.25) is 9.59 Å². The number of carbonyl (C=O) groups is 2. The van der Waals surface area contributed by atoms with Crippen molar-refractivity contribution in [2.75, 3.05) is 29.9 Å². The number of aromatic nitrogens is 1. The van der Waals surface area contributed by atoms with Gasteiger partial charge in [-0.1, -0.05) is 42.5 Å². The third-order valence-electron chi connectivity index (χ3n) is 7.86. The molecule has 2 aromatic carbocycles. The van der Waals surface area contributed by atoms with Crippen LogP contribution < -0.4 is 20.3 Å². The Kier molecular flexibility index (Phi) is 9.69. The summed E-state index contributed by atoms with van der Waals surface area (Å²) in [5.74, 6) is -0.511. The molecule has 0 radical (unpaired) electrons. The number of nitrogens with one attached hydrogen (secondary N) is 3. The van der Waals surface area contributed by atoms with Crippen molar-refractivity contribution in [2.24, 2.45) is 5.92 Å². The van der Waals surface area contributed by atoms with E-state index in [1.165, 1.54) is 29.3 Å². The number of pyridine rings is 1. The number of ether oxygens (including phenoxy) is 1. The number of nitrogens with zero attached hydrogens (tertiary/aromatic N) is 2. The molecule has 1 aromatic heterocycles. The number of carbonyl (C=O) groups excluding carboxylic acids is 2. The van der Waals surface area contributed by atoms with Crippen LogP contribution in [0.3, 0.4) is 0 Å². The lowest BCUT2D eigenvalue weighted by Crippen LogP contribution is -2.42. The van der Waals surface area contributed by atoms with Crippen molar-refractivity contribution in [3.63, 3.8) is 0 Å². The average molecular weight is 610 g/mol. The second kappa shape index (κ2) is 13.6. The van der Waals surface area contributed by atoms with Gasteiger partial charge in [0.2, 0.25) is 15.9 Å². The summed E-state index contributed by atoms with van der Waals surface area (Å²) in [6, 6.07) is 16.4. The summed E-state index contributed by atoms with van der Waals surface area (Å²) < 4.78 is 48.3. The van der Waals surface area contributed by atoms with Gasteiger partial charge < -0.3 is 20.3 Å². The molecule has 0 unspecified atom stereocenters. The Morgan fingerprint density at radius 3 is 2.53 bits per heavy atom. The van der Waals surface area contributed by atoms with Crippen LogP contribution in [0.1, 0.15) is 49.8 Å². The average Bonchev–Trinajstić information content (AvgIpc) is 3.01. The molecule has 1 aliphatic carbocycles. The fraction of sp³-hybridized carbons (Fsp3) is 0.387. The lowest BCUT2D eigenvalue weighted by atomic mass is 9.85. The summed E-state index contributed by atoms with van der Waals surface area (Å²) in [5, 5.41) is 6.10. The van der Waals surface area contributed by atoms with Gasteiger partial charge in [0.15, 0.2) is 0 Å². The van der Waals surface area contributed by atoms with Crippen LogP contribution in [0.4, 0.5) is 15.9 Å². The third kappa shape index (κ3) is 7.75. The fourth-order valence-electron chi connectivity index (χ4n) is 5.42. The molecule has 3 aromatic rings. The minimum atomic E-state index is -3.93. The molecule has 0 saturated heterocycles. The van der Waals surface area contributed by atoms with E-state index in [-0.39, 0.29) is 47.1 Å². The van der Waals surface area contributed by atoms with Crippen LogP contribution >= 0.6 is 0 Å². The van der Waals surface area contributed by atoms with E-state index in [4.69, 9.17) is 4.74 Å². The van der Waals surface area contributed by atoms with E-state index in [1.54, 1.807) is 12.1 Å². The lowest BCUT2D eigenvalue weighted by Gasteiger charge is -2.31. The van der Waals surface area contributed by atoms with Crippen molar-refractivity contribution in [3.05, 3.63) is 83.8 Å². The summed E-state index contributed by atoms with van der Waals surface area (Å²) in [4.78, 5) is 31.6. The van der Waals surface area contributed by atoms with Crippen LogP contribution in [0, 0.1) is 11.7 Å². The van der Waals surface area contributed by atoms with Crippen LogP contribution in [0.15, 0.2) is 71.8 Å². The first-order valence-electron chi connectivity index (χ1n) is 14.4. The topological polar surface area (TPSA) is 130 Å². The monoisotopic (exact) mass is 609 g/mol. The predicted molar refractivity (Wildman–Crippen MR) is 160 cm³/mol. The highest BCUT2D eigenvalue weighted by Crippen LogP contribution is 2.31. The number of fused-ring (bicyclic) bond motifs is 1. The molecule has 0 spiro atoms. The molecule has 2 amide bonds. The Morgan fingerprint density at radius 1 is 1.09 bits per heavy atom. The maximum absolute atomic E-state index is 13.3. The van der Waals surface area contributed by atoms with E-state index in [1.807, 2.05) is 37.3 Å². The van der Waals surface area contributed by atoms with E-state index in [0.717, 1.165) is 11.1 Å². The smallest absolute Gasteiger partial charge is 0.253 e. The number of halogens is 1. The number of rotatable bonds is 10. The molecule has 12 heteroatoms. The molecule has 1 aliphatic heterocycles. The van der Waals surface area contributed by atoms with Crippen molar-refractivity contribution in [1.29, 1.82) is 0 Å². The number of amides is 2. The van der Waals surface area contributed by atoms with Gasteiger partial charge in [0.1, 0.15) is 23.1 Å². The predicted octanol–water partition coefficient (Wildman–Crippen LogP) is 3.91. The van der Waals surface area contributed by atoms with Gasteiger partial charge in [-0.25, -0.2) is 22.5 Å². The van der Waals surface area contributed by atoms with Crippen molar-refractivity contribution in [2.45, 2.75) is 56.2 Å². The van der Waals surface area contributed by atoms with E-state index in [9.17, 15) is 22.4 Å². The third-order valence-corrected chi connectivity index (χ3v) is 9.35. The standard InChI is InChI=1S/C31H36FN5O5S/c1-21(23-7-11-25(32)12-8-23)35-31(39)24-9-13-26(14-10-24)36-43(40,41)27-17-28-30(34-18-27)33-15-16-37(28)29(38)20-42-19-22-5-3-2-4-6-22/h2-8,11-12,17-18,21,24,26,36H,9-10,13-16,19-20H2,1H3,(H,33,34)(H,35,39)/t21-,24?,26?/m1/s1. The largest absolute Gasteiger partial charge is 0.367 e. The van der Waals surface area contributed by atoms with Gasteiger partial charge in [-0.15, -0.1) is 0 Å². The molecule has 228 valence electrons. The first kappa shape index (κ1) is 30.6. The van der Waals surface area contributed by atoms with Crippen LogP contribution in [-0.4, -0.2) is 51.0 Å². The van der Waals surface area contributed by atoms with Gasteiger partial charge in [0.05, 0.1) is 18.3 Å². The Labute approximate surface area is 251 Å². The van der Waals surface area contributed by atoms with Crippen molar-refractivity contribution in [1.82, 2.24) is 15.0 Å². The molecule has 2 aliphatic rings. The quantitative estimate of drug-likeness (QED) is 0.318. The Morgan fingerprint density at radius 2 is 1.81 bits per heavy atom. The second-order valence-electron chi connectivity index (χ2n) is 10.9. The molecule has 3 N–H and O–H groups in total. The van der Waals surface area contributed by atoms with E-state index < -0.39 is 10.0 Å². The molecule has 1 fully saturated rings. The summed E-state index contributed by atoms with van der Waals surface area (Å²) in [5.41, 5.74) is 2.15. The lowest BCUT2D eigenvalue weighted by molar-refractivity contribution is -0.126. The highest BCUT2D eigenvalue weighted by molar-refractivity contribution is 7.89. The number of anilines is 2. The van der Waals surface area contributed by atoms with Crippen LogP contribution in [0.25, 0.3) is 0 Å². The minimum absolute atomic E-state index is 0.0362. The summed E-state index contributed by atoms with van der Waals surface area (Å²) in [6.07, 6.45) is 3.36. The van der Waals surface area contributed by atoms with Crippen molar-refractivity contribution < 1.29 is 27.1 Å². The zero-order chi connectivity index (χ0) is 30.4. The maximum Gasteiger partial charge on any atom is 0.253 e. The number of hydrogen-bond donors (Lipinski definition) is 3. The molecule has 5 rings (SSSR count). The zero-order valence-corrected chi connectivity index (χ0v) is 24.8. The Bertz CT molecular complexity index is 1530. The summed E-state index contributed by atoms with van der Waals surface area (Å²) in [6.45, 7) is 2.82. The summed E-state index contributed by atoms with van der Waals surface area (Å²) >= 11 is 0. The van der Waals surface area contributed by atoms with Gasteiger partial charge in [-0.2, -0.15) is 0 Å². The normalized spacial score (nSPS) is 19.2. The second-order valence-corrected chi connectivity index (χ2v) is 12.7. The Hall–Kier alpha value is -3.87. The maximum atomic E-state index is 13.3. The van der Waals surface area contributed by atoms with E-state index in [0.29, 0.717) is 56.9 Å². The van der Waals surface area contributed by atoms with Crippen molar-refractivity contribution >= 4 is 33.3 Å². The van der Waals surface area contributed by atoms with Gasteiger partial charge in [-0.05, 0) is 61.9 Å². The molecule has 1 atom stereocenters. The van der Waals surface area contributed by atoms with Crippen LogP contribution in [0.5, 0.6) is 0 Å². The molecule has 10 nitrogen and oxygen atoms in total. The molecule has 0 bridgehead atoms. The molecule has 2 heterocycles. The first-order valence-corrected chi connectivity index (χ1v) is 15.9. The first-order chi connectivity index (χ1) is 20.7. The minimum Gasteiger partial charge on any atom is -0.367 e. The summed E-state index contributed by atoms with van der Waals surface area (Å²) in [7, 11) is -3.93. The van der Waals surface area contributed by atoms with Gasteiger partial charge in [0, 0.05) is 31.2 Å². The number of sulfonamides is 1. The van der Waals surface area contributed by atoms with Crippen molar-refractivity contribution in [3.8, 4) is 0 Å². The SMILES string of the molecule is C[C@@H](NC(=O)C1CCC(NS(=O)(=O)c2cnc3c(c2)N(C(=O)COCc2ccccc2)CCN3)CC1)c1ccc(F)cc1. The molecule has 43 heavy (non-hydrogen) atoms. The zero-order valence-electron chi connectivity index (χ0n) is 24.0. The van der Waals surface area contributed by atoms with Crippen LogP contribution in [0.2, 0.25) is 0 Å². The van der Waals surface area contributed by atoms with Gasteiger partial charge >= 0.3 is 0 Å².